The van der Waals surface area contributed by atoms with E-state index in [0.29, 0.717) is 19.5 Å². The lowest BCUT2D eigenvalue weighted by atomic mass is 9.79. The molecule has 0 bridgehead atoms. The Morgan fingerprint density at radius 3 is 2.72 bits per heavy atom. The van der Waals surface area contributed by atoms with Gasteiger partial charge in [-0.2, -0.15) is 5.10 Å². The number of rotatable bonds is 7. The first-order valence-electron chi connectivity index (χ1n) is 10.7. The zero-order chi connectivity index (χ0) is 20.1. The number of benzene rings is 1. The van der Waals surface area contributed by atoms with Gasteiger partial charge in [-0.15, -0.1) is 0 Å². The monoisotopic (exact) mass is 400 g/mol. The first-order valence-corrected chi connectivity index (χ1v) is 10.7. The molecular formula is C22H32N4O3. The fourth-order valence-electron chi connectivity index (χ4n) is 4.44. The lowest BCUT2D eigenvalue weighted by Crippen LogP contribution is -2.50. The van der Waals surface area contributed by atoms with Crippen LogP contribution in [0.5, 0.6) is 0 Å². The van der Waals surface area contributed by atoms with Gasteiger partial charge in [0, 0.05) is 56.6 Å². The molecule has 2 aromatic rings. The molecule has 0 saturated carbocycles. The maximum atomic E-state index is 12.6. The number of carbonyl (C=O) groups is 1. The van der Waals surface area contributed by atoms with Crippen LogP contribution in [0, 0.1) is 12.3 Å². The molecule has 29 heavy (non-hydrogen) atoms. The van der Waals surface area contributed by atoms with E-state index in [1.165, 1.54) is 5.56 Å². The summed E-state index contributed by atoms with van der Waals surface area (Å²) in [4.78, 5) is 15.1. The average Bonchev–Trinajstić information content (AvgIpc) is 3.17. The third-order valence-corrected chi connectivity index (χ3v) is 6.33. The van der Waals surface area contributed by atoms with Crippen molar-refractivity contribution in [1.29, 1.82) is 0 Å². The molecule has 0 radical (unpaired) electrons. The molecule has 158 valence electrons. The first-order chi connectivity index (χ1) is 14.2. The summed E-state index contributed by atoms with van der Waals surface area (Å²) >= 11 is 0. The van der Waals surface area contributed by atoms with Crippen molar-refractivity contribution in [3.05, 3.63) is 30.0 Å². The van der Waals surface area contributed by atoms with E-state index in [0.717, 1.165) is 69.8 Å². The van der Waals surface area contributed by atoms with Crippen molar-refractivity contribution in [2.45, 2.75) is 32.7 Å². The molecule has 3 heterocycles. The number of carbonyl (C=O) groups excluding carboxylic acids is 1. The number of aromatic nitrogens is 2. The number of ether oxygens (including phenoxy) is 2. The molecule has 0 aliphatic carbocycles. The summed E-state index contributed by atoms with van der Waals surface area (Å²) in [5, 5.41) is 8.83. The van der Waals surface area contributed by atoms with Crippen molar-refractivity contribution >= 4 is 16.8 Å². The van der Waals surface area contributed by atoms with E-state index in [1.54, 1.807) is 0 Å². The Labute approximate surface area is 172 Å². The van der Waals surface area contributed by atoms with Crippen LogP contribution in [0.15, 0.2) is 24.4 Å². The van der Waals surface area contributed by atoms with E-state index < -0.39 is 0 Å². The summed E-state index contributed by atoms with van der Waals surface area (Å²) in [6, 6.07) is 6.19. The zero-order valence-corrected chi connectivity index (χ0v) is 17.4. The summed E-state index contributed by atoms with van der Waals surface area (Å²) in [6.45, 7) is 9.50. The van der Waals surface area contributed by atoms with Crippen molar-refractivity contribution in [1.82, 2.24) is 20.0 Å². The van der Waals surface area contributed by atoms with Crippen molar-refractivity contribution in [3.63, 3.8) is 0 Å². The number of nitrogens with one attached hydrogen (secondary N) is 1. The average molecular weight is 401 g/mol. The summed E-state index contributed by atoms with van der Waals surface area (Å²) in [5.74, 6) is 0.0918. The standard InChI is InChI=1S/C22H32N4O3/c1-18-3-2-4-20-19(18)15-24-26(20)8-5-21(27)23-16-22(6-11-28-12-7-22)17-25-9-13-29-14-10-25/h2-4,15H,5-14,16-17H2,1H3,(H,23,27). The molecule has 1 N–H and O–H groups in total. The quantitative estimate of drug-likeness (QED) is 0.770. The first kappa shape index (κ1) is 20.3. The van der Waals surface area contributed by atoms with E-state index in [9.17, 15) is 4.79 Å². The van der Waals surface area contributed by atoms with Gasteiger partial charge in [-0.3, -0.25) is 14.4 Å². The van der Waals surface area contributed by atoms with Gasteiger partial charge in [0.25, 0.3) is 0 Å². The Bertz CT molecular complexity index is 823. The third-order valence-electron chi connectivity index (χ3n) is 6.33. The van der Waals surface area contributed by atoms with Crippen LogP contribution in [0.1, 0.15) is 24.8 Å². The van der Waals surface area contributed by atoms with Crippen LogP contribution in [-0.2, 0) is 20.8 Å². The molecule has 2 saturated heterocycles. The summed E-state index contributed by atoms with van der Waals surface area (Å²) < 4.78 is 13.0. The van der Waals surface area contributed by atoms with Crippen molar-refractivity contribution < 1.29 is 14.3 Å². The van der Waals surface area contributed by atoms with E-state index in [2.05, 4.69) is 34.4 Å². The minimum absolute atomic E-state index is 0.0918. The second kappa shape index (κ2) is 9.24. The fraction of sp³-hybridized carbons (Fsp3) is 0.636. The Balaban J connectivity index is 1.32. The molecule has 0 spiro atoms. The van der Waals surface area contributed by atoms with Crippen LogP contribution in [-0.4, -0.2) is 73.2 Å². The SMILES string of the molecule is Cc1cccc2c1cnn2CCC(=O)NCC1(CN2CCOCC2)CCOCC1. The number of nitrogens with zero attached hydrogens (tertiary/aromatic N) is 3. The lowest BCUT2D eigenvalue weighted by Gasteiger charge is -2.42. The van der Waals surface area contributed by atoms with E-state index in [1.807, 2.05) is 16.9 Å². The number of aryl methyl sites for hydroxylation is 2. The Kier molecular flexibility index (Phi) is 6.47. The van der Waals surface area contributed by atoms with Gasteiger partial charge in [0.15, 0.2) is 0 Å². The second-order valence-electron chi connectivity index (χ2n) is 8.40. The maximum absolute atomic E-state index is 12.6. The molecule has 7 heteroatoms. The molecule has 1 aromatic heterocycles. The summed E-state index contributed by atoms with van der Waals surface area (Å²) in [6.07, 6.45) is 4.32. The number of morpholine rings is 1. The highest BCUT2D eigenvalue weighted by molar-refractivity contribution is 5.82. The van der Waals surface area contributed by atoms with Gasteiger partial charge in [0.05, 0.1) is 31.5 Å². The van der Waals surface area contributed by atoms with Crippen molar-refractivity contribution in [2.24, 2.45) is 5.41 Å². The molecule has 0 atom stereocenters. The minimum Gasteiger partial charge on any atom is -0.381 e. The van der Waals surface area contributed by atoms with Crippen LogP contribution in [0.4, 0.5) is 0 Å². The van der Waals surface area contributed by atoms with Crippen LogP contribution in [0.3, 0.4) is 0 Å². The molecule has 2 fully saturated rings. The van der Waals surface area contributed by atoms with E-state index in [4.69, 9.17) is 9.47 Å². The van der Waals surface area contributed by atoms with Gasteiger partial charge in [0.1, 0.15) is 0 Å². The molecule has 4 rings (SSSR count). The van der Waals surface area contributed by atoms with Gasteiger partial charge in [0.2, 0.25) is 5.91 Å². The minimum atomic E-state index is 0.0918. The van der Waals surface area contributed by atoms with E-state index in [-0.39, 0.29) is 11.3 Å². The zero-order valence-electron chi connectivity index (χ0n) is 17.4. The third kappa shape index (κ3) is 4.97. The number of amides is 1. The number of hydrogen-bond donors (Lipinski definition) is 1. The predicted octanol–water partition coefficient (Wildman–Crippen LogP) is 1.98. The van der Waals surface area contributed by atoms with Crippen molar-refractivity contribution in [3.8, 4) is 0 Å². The molecule has 1 amide bonds. The summed E-state index contributed by atoms with van der Waals surface area (Å²) in [5.41, 5.74) is 2.40. The fourth-order valence-corrected chi connectivity index (χ4v) is 4.44. The molecule has 2 aliphatic rings. The molecule has 7 nitrogen and oxygen atoms in total. The van der Waals surface area contributed by atoms with E-state index >= 15 is 0 Å². The highest BCUT2D eigenvalue weighted by Gasteiger charge is 2.35. The van der Waals surface area contributed by atoms with Crippen LogP contribution in [0.25, 0.3) is 10.9 Å². The van der Waals surface area contributed by atoms with Crippen LogP contribution in [0.2, 0.25) is 0 Å². The highest BCUT2D eigenvalue weighted by Crippen LogP contribution is 2.31. The lowest BCUT2D eigenvalue weighted by molar-refractivity contribution is -0.122. The van der Waals surface area contributed by atoms with Gasteiger partial charge in [-0.1, -0.05) is 12.1 Å². The number of fused-ring (bicyclic) bond motifs is 1. The highest BCUT2D eigenvalue weighted by atomic mass is 16.5. The Morgan fingerprint density at radius 2 is 1.93 bits per heavy atom. The van der Waals surface area contributed by atoms with Crippen molar-refractivity contribution in [2.75, 3.05) is 52.6 Å². The van der Waals surface area contributed by atoms with Gasteiger partial charge in [-0.25, -0.2) is 0 Å². The summed E-state index contributed by atoms with van der Waals surface area (Å²) in [7, 11) is 0. The largest absolute Gasteiger partial charge is 0.381 e. The topological polar surface area (TPSA) is 68.6 Å². The van der Waals surface area contributed by atoms with Gasteiger partial charge in [-0.05, 0) is 31.4 Å². The number of hydrogen-bond acceptors (Lipinski definition) is 5. The molecule has 1 aromatic carbocycles. The smallest absolute Gasteiger partial charge is 0.221 e. The molecule has 0 unspecified atom stereocenters. The van der Waals surface area contributed by atoms with Gasteiger partial charge < -0.3 is 14.8 Å². The predicted molar refractivity (Wildman–Crippen MR) is 112 cm³/mol. The Morgan fingerprint density at radius 1 is 1.17 bits per heavy atom. The van der Waals surface area contributed by atoms with Gasteiger partial charge >= 0.3 is 0 Å². The Hall–Kier alpha value is -1.96. The molecular weight excluding hydrogens is 368 g/mol. The van der Waals surface area contributed by atoms with Crippen LogP contribution < -0.4 is 5.32 Å². The normalized spacial score (nSPS) is 20.0. The second-order valence-corrected chi connectivity index (χ2v) is 8.40. The molecule has 2 aliphatic heterocycles. The maximum Gasteiger partial charge on any atom is 0.221 e. The van der Waals surface area contributed by atoms with Crippen LogP contribution >= 0.6 is 0 Å².